The zero-order valence-electron chi connectivity index (χ0n) is 18.1. The predicted octanol–water partition coefficient (Wildman–Crippen LogP) is 5.94. The van der Waals surface area contributed by atoms with Crippen LogP contribution in [0.15, 0.2) is 24.3 Å². The van der Waals surface area contributed by atoms with Crippen LogP contribution in [0.3, 0.4) is 0 Å². The second-order valence-electron chi connectivity index (χ2n) is 7.60. The molecule has 8 heteroatoms. The lowest BCUT2D eigenvalue weighted by atomic mass is 9.86. The number of hydrogen-bond acceptors (Lipinski definition) is 6. The third kappa shape index (κ3) is 5.59. The summed E-state index contributed by atoms with van der Waals surface area (Å²) in [5.41, 5.74) is 3.14. The first-order valence-corrected chi connectivity index (χ1v) is 10.8. The summed E-state index contributed by atoms with van der Waals surface area (Å²) in [5.74, 6) is 0.807. The third-order valence-corrected chi connectivity index (χ3v) is 5.48. The van der Waals surface area contributed by atoms with E-state index in [-0.39, 0.29) is 23.5 Å². The Morgan fingerprint density at radius 2 is 1.90 bits per heavy atom. The second kappa shape index (κ2) is 10.1. The Hall–Kier alpha value is -2.43. The summed E-state index contributed by atoms with van der Waals surface area (Å²) in [6.07, 6.45) is 0. The lowest BCUT2D eigenvalue weighted by molar-refractivity contribution is 0.0588. The van der Waals surface area contributed by atoms with Crippen molar-refractivity contribution in [3.05, 3.63) is 51.8 Å². The molecule has 0 aliphatic carbocycles. The number of nitriles is 1. The number of benzene rings is 1. The van der Waals surface area contributed by atoms with Gasteiger partial charge in [0.15, 0.2) is 5.76 Å². The standard InChI is InChI=1S/C22H26ClN3O3S/c1-7-30-21(27)29-13-28-20(19-18(23)14(2)25-26(19)6)17(12-24)15-8-10-16(11-9-15)22(3,4)5/h8-11H,7,13H2,1-6H3/b20-17-. The topological polar surface area (TPSA) is 77.1 Å². The van der Waals surface area contributed by atoms with E-state index in [2.05, 4.69) is 31.9 Å². The minimum atomic E-state index is -0.447. The number of allylic oxidation sites excluding steroid dienone is 1. The molecule has 160 valence electrons. The predicted molar refractivity (Wildman–Crippen MR) is 121 cm³/mol. The van der Waals surface area contributed by atoms with Crippen LogP contribution in [0.1, 0.15) is 50.2 Å². The van der Waals surface area contributed by atoms with Crippen LogP contribution < -0.4 is 0 Å². The number of carbonyl (C=O) groups excluding carboxylic acids is 1. The molecule has 6 nitrogen and oxygen atoms in total. The third-order valence-electron chi connectivity index (χ3n) is 4.38. The van der Waals surface area contributed by atoms with E-state index in [4.69, 9.17) is 21.1 Å². The van der Waals surface area contributed by atoms with Gasteiger partial charge >= 0.3 is 5.30 Å². The van der Waals surface area contributed by atoms with Crippen LogP contribution in [-0.4, -0.2) is 27.6 Å². The molecule has 0 unspecified atom stereocenters. The molecule has 1 heterocycles. The zero-order valence-corrected chi connectivity index (χ0v) is 19.6. The fraction of sp³-hybridized carbons (Fsp3) is 0.409. The van der Waals surface area contributed by atoms with Crippen LogP contribution >= 0.6 is 23.4 Å². The van der Waals surface area contributed by atoms with Crippen molar-refractivity contribution in [3.63, 3.8) is 0 Å². The Labute approximate surface area is 186 Å². The molecule has 0 saturated carbocycles. The van der Waals surface area contributed by atoms with Crippen LogP contribution in [0.5, 0.6) is 0 Å². The summed E-state index contributed by atoms with van der Waals surface area (Å²) in [6.45, 7) is 9.65. The molecule has 1 aromatic carbocycles. The molecule has 2 rings (SSSR count). The average Bonchev–Trinajstić information content (AvgIpc) is 2.93. The summed E-state index contributed by atoms with van der Waals surface area (Å²) < 4.78 is 12.4. The van der Waals surface area contributed by atoms with Gasteiger partial charge in [-0.15, -0.1) is 0 Å². The monoisotopic (exact) mass is 447 g/mol. The van der Waals surface area contributed by atoms with Gasteiger partial charge in [0.1, 0.15) is 17.3 Å². The zero-order chi connectivity index (χ0) is 22.5. The highest BCUT2D eigenvalue weighted by molar-refractivity contribution is 8.13. The number of nitrogens with zero attached hydrogens (tertiary/aromatic N) is 3. The molecule has 0 aliphatic heterocycles. The molecule has 0 radical (unpaired) electrons. The minimum absolute atomic E-state index is 0.0119. The molecular weight excluding hydrogens is 422 g/mol. The fourth-order valence-electron chi connectivity index (χ4n) is 2.82. The van der Waals surface area contributed by atoms with Crippen LogP contribution in [0.4, 0.5) is 4.79 Å². The number of carbonyl (C=O) groups is 1. The number of rotatable bonds is 6. The van der Waals surface area contributed by atoms with Crippen molar-refractivity contribution in [3.8, 4) is 6.07 Å². The molecule has 30 heavy (non-hydrogen) atoms. The van der Waals surface area contributed by atoms with Crippen molar-refractivity contribution in [1.29, 1.82) is 5.26 Å². The number of ether oxygens (including phenoxy) is 2. The number of thioether (sulfide) groups is 1. The maximum atomic E-state index is 11.7. The summed E-state index contributed by atoms with van der Waals surface area (Å²) in [5, 5.41) is 14.2. The van der Waals surface area contributed by atoms with Gasteiger partial charge in [-0.1, -0.05) is 63.6 Å². The Bertz CT molecular complexity index is 983. The molecule has 0 fully saturated rings. The molecule has 0 atom stereocenters. The van der Waals surface area contributed by atoms with E-state index in [9.17, 15) is 10.1 Å². The van der Waals surface area contributed by atoms with Gasteiger partial charge in [0.25, 0.3) is 0 Å². The van der Waals surface area contributed by atoms with Gasteiger partial charge in [-0.2, -0.15) is 10.4 Å². The van der Waals surface area contributed by atoms with E-state index in [0.29, 0.717) is 27.7 Å². The van der Waals surface area contributed by atoms with Crippen molar-refractivity contribution in [2.75, 3.05) is 12.5 Å². The summed E-state index contributed by atoms with van der Waals surface area (Å²) >= 11 is 7.49. The normalized spacial score (nSPS) is 12.2. The number of halogens is 1. The molecule has 0 spiro atoms. The molecule has 1 aromatic heterocycles. The first-order chi connectivity index (χ1) is 14.1. The highest BCUT2D eigenvalue weighted by Crippen LogP contribution is 2.34. The van der Waals surface area contributed by atoms with Crippen LogP contribution in [-0.2, 0) is 21.9 Å². The van der Waals surface area contributed by atoms with Crippen molar-refractivity contribution >= 4 is 40.0 Å². The van der Waals surface area contributed by atoms with E-state index < -0.39 is 5.30 Å². The van der Waals surface area contributed by atoms with Gasteiger partial charge in [-0.3, -0.25) is 4.68 Å². The Morgan fingerprint density at radius 1 is 1.27 bits per heavy atom. The van der Waals surface area contributed by atoms with E-state index >= 15 is 0 Å². The van der Waals surface area contributed by atoms with E-state index in [1.54, 1.807) is 18.7 Å². The van der Waals surface area contributed by atoms with Gasteiger partial charge in [0.2, 0.25) is 6.79 Å². The highest BCUT2D eigenvalue weighted by Gasteiger charge is 2.23. The molecule has 0 amide bonds. The average molecular weight is 448 g/mol. The number of aryl methyl sites for hydroxylation is 2. The molecule has 2 aromatic rings. The molecule has 0 N–H and O–H groups in total. The lowest BCUT2D eigenvalue weighted by Gasteiger charge is -2.19. The number of aromatic nitrogens is 2. The van der Waals surface area contributed by atoms with Gasteiger partial charge in [0, 0.05) is 12.8 Å². The largest absolute Gasteiger partial charge is 0.454 e. The van der Waals surface area contributed by atoms with Crippen LogP contribution in [0.25, 0.3) is 11.3 Å². The summed E-state index contributed by atoms with van der Waals surface area (Å²) in [6, 6.07) is 9.93. The summed E-state index contributed by atoms with van der Waals surface area (Å²) in [4.78, 5) is 11.7. The van der Waals surface area contributed by atoms with Crippen LogP contribution in [0.2, 0.25) is 5.02 Å². The van der Waals surface area contributed by atoms with Crippen molar-refractivity contribution in [2.24, 2.45) is 7.05 Å². The van der Waals surface area contributed by atoms with Gasteiger partial charge < -0.3 is 9.47 Å². The first kappa shape index (κ1) is 23.8. The van der Waals surface area contributed by atoms with E-state index in [1.807, 2.05) is 31.2 Å². The second-order valence-corrected chi connectivity index (χ2v) is 9.18. The molecule has 0 bridgehead atoms. The lowest BCUT2D eigenvalue weighted by Crippen LogP contribution is -2.11. The van der Waals surface area contributed by atoms with Gasteiger partial charge in [-0.05, 0) is 35.2 Å². The highest BCUT2D eigenvalue weighted by atomic mass is 35.5. The number of hydrogen-bond donors (Lipinski definition) is 0. The minimum Gasteiger partial charge on any atom is -0.454 e. The van der Waals surface area contributed by atoms with Crippen molar-refractivity contribution in [1.82, 2.24) is 9.78 Å². The molecule has 0 saturated heterocycles. The van der Waals surface area contributed by atoms with E-state index in [0.717, 1.165) is 17.3 Å². The van der Waals surface area contributed by atoms with Crippen LogP contribution in [0, 0.1) is 18.3 Å². The quantitative estimate of drug-likeness (QED) is 0.236. The van der Waals surface area contributed by atoms with Gasteiger partial charge in [-0.25, -0.2) is 4.79 Å². The Morgan fingerprint density at radius 3 is 2.37 bits per heavy atom. The molecule has 0 aliphatic rings. The SMILES string of the molecule is CCSC(=O)OCO/C(=C(/C#N)c1ccc(C(C)(C)C)cc1)c1c(Cl)c(C)nn1C. The first-order valence-electron chi connectivity index (χ1n) is 9.47. The maximum absolute atomic E-state index is 11.7. The fourth-order valence-corrected chi connectivity index (χ4v) is 3.43. The Kier molecular flexibility index (Phi) is 7.99. The van der Waals surface area contributed by atoms with Gasteiger partial charge in [0.05, 0.1) is 10.7 Å². The smallest absolute Gasteiger partial charge is 0.370 e. The Balaban J connectivity index is 2.52. The van der Waals surface area contributed by atoms with Crippen molar-refractivity contribution < 1.29 is 14.3 Å². The van der Waals surface area contributed by atoms with E-state index in [1.165, 1.54) is 0 Å². The molecular formula is C22H26ClN3O3S. The maximum Gasteiger partial charge on any atom is 0.370 e. The summed E-state index contributed by atoms with van der Waals surface area (Å²) in [7, 11) is 1.72. The van der Waals surface area contributed by atoms with Crippen molar-refractivity contribution in [2.45, 2.75) is 40.0 Å².